The maximum atomic E-state index is 12.4. The second-order valence-corrected chi connectivity index (χ2v) is 5.59. The number of amides is 1. The van der Waals surface area contributed by atoms with Crippen LogP contribution >= 0.6 is 11.6 Å². The average molecular weight is 284 g/mol. The predicted octanol–water partition coefficient (Wildman–Crippen LogP) is 3.75. The van der Waals surface area contributed by atoms with Crippen molar-refractivity contribution in [3.05, 3.63) is 29.3 Å². The molecule has 4 heteroatoms. The van der Waals surface area contributed by atoms with E-state index in [4.69, 9.17) is 16.3 Å². The third kappa shape index (κ3) is 4.43. The lowest BCUT2D eigenvalue weighted by Crippen LogP contribution is -2.47. The maximum Gasteiger partial charge on any atom is 0.263 e. The molecular weight excluding hydrogens is 262 g/mol. The number of hydrogen-bond acceptors (Lipinski definition) is 2. The van der Waals surface area contributed by atoms with Crippen LogP contribution in [0.25, 0.3) is 0 Å². The Hall–Kier alpha value is -1.22. The number of ether oxygens (including phenoxy) is 1. The molecular formula is C15H22ClNO2. The highest BCUT2D eigenvalue weighted by molar-refractivity contribution is 6.30. The van der Waals surface area contributed by atoms with E-state index in [1.54, 1.807) is 31.2 Å². The molecule has 1 aromatic carbocycles. The third-order valence-corrected chi connectivity index (χ3v) is 3.06. The summed E-state index contributed by atoms with van der Waals surface area (Å²) < 4.78 is 5.66. The summed E-state index contributed by atoms with van der Waals surface area (Å²) in [6.07, 6.45) is -0.525. The maximum absolute atomic E-state index is 12.4. The number of benzene rings is 1. The van der Waals surface area contributed by atoms with E-state index in [2.05, 4.69) is 0 Å². The zero-order valence-electron chi connectivity index (χ0n) is 12.2. The summed E-state index contributed by atoms with van der Waals surface area (Å²) in [5.41, 5.74) is 0. The van der Waals surface area contributed by atoms with Gasteiger partial charge in [-0.05, 0) is 52.8 Å². The lowest BCUT2D eigenvalue weighted by atomic mass is 10.2. The molecule has 1 atom stereocenters. The van der Waals surface area contributed by atoms with E-state index >= 15 is 0 Å². The fourth-order valence-corrected chi connectivity index (χ4v) is 2.29. The Morgan fingerprint density at radius 3 is 2.21 bits per heavy atom. The van der Waals surface area contributed by atoms with Crippen LogP contribution in [-0.2, 0) is 4.79 Å². The van der Waals surface area contributed by atoms with Crippen molar-refractivity contribution in [3.8, 4) is 5.75 Å². The molecule has 106 valence electrons. The van der Waals surface area contributed by atoms with Crippen LogP contribution in [0, 0.1) is 0 Å². The molecule has 0 radical (unpaired) electrons. The highest BCUT2D eigenvalue weighted by Gasteiger charge is 2.26. The minimum Gasteiger partial charge on any atom is -0.481 e. The average Bonchev–Trinajstić information content (AvgIpc) is 2.27. The molecule has 1 unspecified atom stereocenters. The first kappa shape index (κ1) is 15.8. The summed E-state index contributed by atoms with van der Waals surface area (Å²) in [5.74, 6) is 0.603. The Bertz CT molecular complexity index is 424. The van der Waals surface area contributed by atoms with Gasteiger partial charge in [-0.3, -0.25) is 4.79 Å². The van der Waals surface area contributed by atoms with Gasteiger partial charge in [-0.2, -0.15) is 0 Å². The Labute approximate surface area is 120 Å². The highest BCUT2D eigenvalue weighted by Crippen LogP contribution is 2.19. The number of nitrogens with zero attached hydrogens (tertiary/aromatic N) is 1. The zero-order chi connectivity index (χ0) is 14.6. The molecule has 19 heavy (non-hydrogen) atoms. The predicted molar refractivity (Wildman–Crippen MR) is 78.7 cm³/mol. The van der Waals surface area contributed by atoms with Gasteiger partial charge in [0.15, 0.2) is 6.10 Å². The Kier molecular flexibility index (Phi) is 5.67. The molecule has 0 N–H and O–H groups in total. The number of hydrogen-bond donors (Lipinski definition) is 0. The van der Waals surface area contributed by atoms with Gasteiger partial charge in [0.25, 0.3) is 5.91 Å². The number of carbonyl (C=O) groups excluding carboxylic acids is 1. The van der Waals surface area contributed by atoms with Crippen LogP contribution in [-0.4, -0.2) is 29.0 Å². The van der Waals surface area contributed by atoms with Crippen LogP contribution in [0.4, 0.5) is 0 Å². The third-order valence-electron chi connectivity index (χ3n) is 2.82. The van der Waals surface area contributed by atoms with Crippen LogP contribution in [0.3, 0.4) is 0 Å². The van der Waals surface area contributed by atoms with E-state index in [9.17, 15) is 4.79 Å². The van der Waals surface area contributed by atoms with Crippen molar-refractivity contribution < 1.29 is 9.53 Å². The van der Waals surface area contributed by atoms with Gasteiger partial charge >= 0.3 is 0 Å². The van der Waals surface area contributed by atoms with Crippen molar-refractivity contribution in [2.45, 2.75) is 52.8 Å². The highest BCUT2D eigenvalue weighted by atomic mass is 35.5. The molecule has 0 spiro atoms. The molecule has 0 aromatic heterocycles. The molecule has 0 heterocycles. The molecule has 1 amide bonds. The number of carbonyl (C=O) groups is 1. The van der Waals surface area contributed by atoms with Gasteiger partial charge in [0, 0.05) is 17.1 Å². The van der Waals surface area contributed by atoms with E-state index in [0.717, 1.165) is 0 Å². The van der Waals surface area contributed by atoms with Crippen molar-refractivity contribution in [3.63, 3.8) is 0 Å². The van der Waals surface area contributed by atoms with E-state index in [1.165, 1.54) is 0 Å². The molecule has 0 aliphatic heterocycles. The quantitative estimate of drug-likeness (QED) is 0.824. The molecule has 0 fully saturated rings. The second-order valence-electron chi connectivity index (χ2n) is 5.15. The SMILES string of the molecule is CC(Oc1cccc(Cl)c1)C(=O)N(C(C)C)C(C)C. The van der Waals surface area contributed by atoms with Gasteiger partial charge in [-0.25, -0.2) is 0 Å². The van der Waals surface area contributed by atoms with E-state index in [-0.39, 0.29) is 18.0 Å². The van der Waals surface area contributed by atoms with Gasteiger partial charge in [-0.15, -0.1) is 0 Å². The first-order valence-corrected chi connectivity index (χ1v) is 6.95. The minimum absolute atomic E-state index is 0.00928. The van der Waals surface area contributed by atoms with Crippen molar-refractivity contribution in [2.75, 3.05) is 0 Å². The standard InChI is InChI=1S/C15H22ClNO2/c1-10(2)17(11(3)4)15(18)12(5)19-14-8-6-7-13(16)9-14/h6-12H,1-5H3. The molecule has 0 saturated carbocycles. The normalized spacial score (nSPS) is 12.6. The fraction of sp³-hybridized carbons (Fsp3) is 0.533. The monoisotopic (exact) mass is 283 g/mol. The van der Waals surface area contributed by atoms with Crippen LogP contribution in [0.2, 0.25) is 5.02 Å². The van der Waals surface area contributed by atoms with Crippen LogP contribution in [0.1, 0.15) is 34.6 Å². The Morgan fingerprint density at radius 2 is 1.74 bits per heavy atom. The summed E-state index contributed by atoms with van der Waals surface area (Å²) in [4.78, 5) is 14.2. The van der Waals surface area contributed by atoms with Gasteiger partial charge in [-0.1, -0.05) is 17.7 Å². The van der Waals surface area contributed by atoms with Crippen LogP contribution in [0.5, 0.6) is 5.75 Å². The number of rotatable bonds is 5. The molecule has 1 rings (SSSR count). The smallest absolute Gasteiger partial charge is 0.263 e. The number of halogens is 1. The molecule has 0 saturated heterocycles. The summed E-state index contributed by atoms with van der Waals surface area (Å²) in [5, 5.41) is 0.599. The van der Waals surface area contributed by atoms with Crippen molar-refractivity contribution >= 4 is 17.5 Å². The first-order chi connectivity index (χ1) is 8.82. The van der Waals surface area contributed by atoms with Gasteiger partial charge in [0.05, 0.1) is 0 Å². The van der Waals surface area contributed by atoms with Gasteiger partial charge < -0.3 is 9.64 Å². The molecule has 1 aromatic rings. The van der Waals surface area contributed by atoms with Crippen molar-refractivity contribution in [2.24, 2.45) is 0 Å². The van der Waals surface area contributed by atoms with Crippen LogP contribution in [0.15, 0.2) is 24.3 Å². The molecule has 3 nitrogen and oxygen atoms in total. The zero-order valence-corrected chi connectivity index (χ0v) is 12.9. The van der Waals surface area contributed by atoms with Crippen molar-refractivity contribution in [1.29, 1.82) is 0 Å². The summed E-state index contributed by atoms with van der Waals surface area (Å²) >= 11 is 5.90. The van der Waals surface area contributed by atoms with E-state index in [0.29, 0.717) is 10.8 Å². The topological polar surface area (TPSA) is 29.5 Å². The molecule has 0 aliphatic rings. The summed E-state index contributed by atoms with van der Waals surface area (Å²) in [6, 6.07) is 7.38. The van der Waals surface area contributed by atoms with E-state index < -0.39 is 6.10 Å². The largest absolute Gasteiger partial charge is 0.481 e. The Balaban J connectivity index is 2.76. The van der Waals surface area contributed by atoms with Crippen LogP contribution < -0.4 is 4.74 Å². The fourth-order valence-electron chi connectivity index (χ4n) is 2.11. The van der Waals surface area contributed by atoms with Crippen molar-refractivity contribution in [1.82, 2.24) is 4.90 Å². The molecule has 0 bridgehead atoms. The second kappa shape index (κ2) is 6.80. The lowest BCUT2D eigenvalue weighted by Gasteiger charge is -2.33. The summed E-state index contributed by atoms with van der Waals surface area (Å²) in [6.45, 7) is 9.78. The Morgan fingerprint density at radius 1 is 1.16 bits per heavy atom. The van der Waals surface area contributed by atoms with Gasteiger partial charge in [0.1, 0.15) is 5.75 Å². The summed E-state index contributed by atoms with van der Waals surface area (Å²) in [7, 11) is 0. The van der Waals surface area contributed by atoms with Gasteiger partial charge in [0.2, 0.25) is 0 Å². The molecule has 0 aliphatic carbocycles. The lowest BCUT2D eigenvalue weighted by molar-refractivity contribution is -0.141. The first-order valence-electron chi connectivity index (χ1n) is 6.57. The van der Waals surface area contributed by atoms with E-state index in [1.807, 2.05) is 32.6 Å². The minimum atomic E-state index is -0.525.